The van der Waals surface area contributed by atoms with Gasteiger partial charge in [0.1, 0.15) is 22.1 Å². The van der Waals surface area contributed by atoms with Crippen LogP contribution in [-0.4, -0.2) is 69.0 Å². The lowest BCUT2D eigenvalue weighted by atomic mass is 10.2. The second kappa shape index (κ2) is 11.4. The van der Waals surface area contributed by atoms with E-state index in [1.807, 2.05) is 0 Å². The quantitative estimate of drug-likeness (QED) is 0.384. The highest BCUT2D eigenvalue weighted by Crippen LogP contribution is 2.31. The van der Waals surface area contributed by atoms with Gasteiger partial charge in [-0.15, -0.1) is 0 Å². The van der Waals surface area contributed by atoms with Crippen molar-refractivity contribution in [1.29, 1.82) is 0 Å². The van der Waals surface area contributed by atoms with E-state index in [9.17, 15) is 44.3 Å². The van der Waals surface area contributed by atoms with Gasteiger partial charge in [-0.3, -0.25) is 14.6 Å². The van der Waals surface area contributed by atoms with Crippen LogP contribution in [0.4, 0.5) is 26.3 Å². The van der Waals surface area contributed by atoms with Gasteiger partial charge < -0.3 is 19.9 Å². The number of hydrogen-bond acceptors (Lipinski definition) is 8. The van der Waals surface area contributed by atoms with Crippen molar-refractivity contribution >= 4 is 21.8 Å². The predicted octanol–water partition coefficient (Wildman–Crippen LogP) is 1.80. The van der Waals surface area contributed by atoms with Gasteiger partial charge in [-0.1, -0.05) is 0 Å². The maximum Gasteiger partial charge on any atom is 0.422 e. The van der Waals surface area contributed by atoms with Crippen LogP contribution < -0.4 is 19.5 Å². The van der Waals surface area contributed by atoms with Crippen molar-refractivity contribution in [3.63, 3.8) is 0 Å². The number of sulfonamides is 1. The highest BCUT2D eigenvalue weighted by molar-refractivity contribution is 7.90. The average Bonchev–Trinajstić information content (AvgIpc) is 2.78. The first-order valence-electron chi connectivity index (χ1n) is 9.57. The Balaban J connectivity index is 2.30. The molecule has 0 atom stereocenters. The summed E-state index contributed by atoms with van der Waals surface area (Å²) < 4.78 is 111. The van der Waals surface area contributed by atoms with E-state index in [4.69, 9.17) is 5.11 Å². The Bertz CT molecular complexity index is 1190. The smallest absolute Gasteiger partial charge is 0.422 e. The van der Waals surface area contributed by atoms with Crippen LogP contribution in [0.25, 0.3) is 0 Å². The summed E-state index contributed by atoms with van der Waals surface area (Å²) in [7, 11) is -5.01. The Kier molecular flexibility index (Phi) is 9.09. The number of ether oxygens (including phenoxy) is 2. The standard InChI is InChI=1S/C19H17F6N3O7S/c20-18(21,22)9-34-12-2-4-14(35-10-19(23,24)25)15(7-12)36(32,33)28-16(30)11-1-3-13(27-8-11)17(31)26-5-6-29/h1-4,7-8,29H,5-6,9-10H2,(H,26,31)(H,28,30). The number of nitrogens with zero attached hydrogens (tertiary/aromatic N) is 1. The molecule has 2 aromatic rings. The van der Waals surface area contributed by atoms with Gasteiger partial charge in [0.25, 0.3) is 21.8 Å². The molecule has 2 amide bonds. The molecule has 0 aliphatic carbocycles. The summed E-state index contributed by atoms with van der Waals surface area (Å²) in [6.45, 7) is -4.19. The number of benzene rings is 1. The van der Waals surface area contributed by atoms with Crippen LogP contribution in [-0.2, 0) is 10.0 Å². The highest BCUT2D eigenvalue weighted by Gasteiger charge is 2.32. The lowest BCUT2D eigenvalue weighted by molar-refractivity contribution is -0.154. The molecule has 1 aromatic carbocycles. The van der Waals surface area contributed by atoms with Crippen LogP contribution in [0.1, 0.15) is 20.8 Å². The van der Waals surface area contributed by atoms with Crippen molar-refractivity contribution in [2.75, 3.05) is 26.4 Å². The lowest BCUT2D eigenvalue weighted by Crippen LogP contribution is -2.32. The Morgan fingerprint density at radius 3 is 2.14 bits per heavy atom. The Hall–Kier alpha value is -3.60. The first kappa shape index (κ1) is 28.6. The molecule has 2 rings (SSSR count). The fraction of sp³-hybridized carbons (Fsp3) is 0.316. The molecule has 198 valence electrons. The molecule has 36 heavy (non-hydrogen) atoms. The van der Waals surface area contributed by atoms with Gasteiger partial charge in [0.2, 0.25) is 0 Å². The van der Waals surface area contributed by atoms with Gasteiger partial charge in [0.05, 0.1) is 12.2 Å². The summed E-state index contributed by atoms with van der Waals surface area (Å²) >= 11 is 0. The fourth-order valence-corrected chi connectivity index (χ4v) is 3.53. The summed E-state index contributed by atoms with van der Waals surface area (Å²) in [5.41, 5.74) is -0.570. The van der Waals surface area contributed by atoms with Crippen molar-refractivity contribution in [2.24, 2.45) is 0 Å². The van der Waals surface area contributed by atoms with E-state index in [1.165, 1.54) is 4.72 Å². The van der Waals surface area contributed by atoms with Crippen LogP contribution in [0.2, 0.25) is 0 Å². The molecule has 0 unspecified atom stereocenters. The zero-order valence-corrected chi connectivity index (χ0v) is 18.6. The minimum absolute atomic E-state index is 0.0779. The number of aliphatic hydroxyl groups excluding tert-OH is 1. The number of amides is 2. The third-order valence-corrected chi connectivity index (χ3v) is 5.23. The molecular weight excluding hydrogens is 528 g/mol. The van der Waals surface area contributed by atoms with Crippen LogP contribution in [0.5, 0.6) is 11.5 Å². The molecule has 0 spiro atoms. The van der Waals surface area contributed by atoms with Crippen LogP contribution in [0.3, 0.4) is 0 Å². The second-order valence-electron chi connectivity index (χ2n) is 6.76. The summed E-state index contributed by atoms with van der Waals surface area (Å²) in [6, 6.07) is 3.91. The maximum absolute atomic E-state index is 12.7. The Labute approximate surface area is 199 Å². The minimum atomic E-state index is -5.01. The Morgan fingerprint density at radius 1 is 0.944 bits per heavy atom. The van der Waals surface area contributed by atoms with Gasteiger partial charge >= 0.3 is 12.4 Å². The van der Waals surface area contributed by atoms with Gasteiger partial charge in [-0.2, -0.15) is 26.3 Å². The molecular formula is C19H17F6N3O7S. The van der Waals surface area contributed by atoms with Crippen molar-refractivity contribution in [3.8, 4) is 11.5 Å². The number of carbonyl (C=O) groups is 2. The van der Waals surface area contributed by atoms with Crippen LogP contribution >= 0.6 is 0 Å². The number of rotatable bonds is 10. The highest BCUT2D eigenvalue weighted by atomic mass is 32.2. The minimum Gasteiger partial charge on any atom is -0.484 e. The number of carbonyl (C=O) groups excluding carboxylic acids is 2. The van der Waals surface area contributed by atoms with E-state index in [1.54, 1.807) is 0 Å². The molecule has 0 saturated heterocycles. The zero-order valence-electron chi connectivity index (χ0n) is 17.8. The molecule has 3 N–H and O–H groups in total. The van der Waals surface area contributed by atoms with Gasteiger partial charge in [0, 0.05) is 18.8 Å². The molecule has 0 fully saturated rings. The Morgan fingerprint density at radius 2 is 1.58 bits per heavy atom. The summed E-state index contributed by atoms with van der Waals surface area (Å²) in [5.74, 6) is -3.63. The van der Waals surface area contributed by atoms with Crippen molar-refractivity contribution in [2.45, 2.75) is 17.2 Å². The fourth-order valence-electron chi connectivity index (χ4n) is 2.39. The van der Waals surface area contributed by atoms with E-state index in [2.05, 4.69) is 19.8 Å². The molecule has 0 saturated carbocycles. The number of hydrogen-bond donors (Lipinski definition) is 3. The number of aromatic nitrogens is 1. The normalized spacial score (nSPS) is 12.1. The molecule has 0 bridgehead atoms. The van der Waals surface area contributed by atoms with E-state index < -0.39 is 63.8 Å². The molecule has 0 radical (unpaired) electrons. The summed E-state index contributed by atoms with van der Waals surface area (Å²) in [5, 5.41) is 11.0. The van der Waals surface area contributed by atoms with Crippen LogP contribution in [0, 0.1) is 0 Å². The number of alkyl halides is 6. The molecule has 0 aliphatic rings. The zero-order chi connectivity index (χ0) is 27.1. The van der Waals surface area contributed by atoms with Crippen molar-refractivity contribution < 1.29 is 58.9 Å². The van der Waals surface area contributed by atoms with E-state index in [0.717, 1.165) is 24.4 Å². The predicted molar refractivity (Wildman–Crippen MR) is 108 cm³/mol. The van der Waals surface area contributed by atoms with E-state index >= 15 is 0 Å². The molecule has 1 aromatic heterocycles. The number of pyridine rings is 1. The van der Waals surface area contributed by atoms with Crippen LogP contribution in [0.15, 0.2) is 41.4 Å². The van der Waals surface area contributed by atoms with Gasteiger partial charge in [0.15, 0.2) is 13.2 Å². The van der Waals surface area contributed by atoms with Crippen molar-refractivity contribution in [1.82, 2.24) is 15.0 Å². The largest absolute Gasteiger partial charge is 0.484 e. The number of aliphatic hydroxyl groups is 1. The molecule has 1 heterocycles. The number of halogens is 6. The first-order valence-corrected chi connectivity index (χ1v) is 11.0. The number of nitrogens with one attached hydrogen (secondary N) is 2. The topological polar surface area (TPSA) is 144 Å². The first-order chi connectivity index (χ1) is 16.6. The maximum atomic E-state index is 12.7. The SMILES string of the molecule is O=C(NS(=O)(=O)c1cc(OCC(F)(F)F)ccc1OCC(F)(F)F)c1ccc(C(=O)NCCO)nc1. The van der Waals surface area contributed by atoms with Crippen molar-refractivity contribution in [3.05, 3.63) is 47.8 Å². The summed E-state index contributed by atoms with van der Waals surface area (Å²) in [4.78, 5) is 26.7. The van der Waals surface area contributed by atoms with Gasteiger partial charge in [-0.05, 0) is 24.3 Å². The third kappa shape index (κ3) is 8.88. The third-order valence-electron chi connectivity index (χ3n) is 3.88. The monoisotopic (exact) mass is 545 g/mol. The van der Waals surface area contributed by atoms with E-state index in [0.29, 0.717) is 12.1 Å². The lowest BCUT2D eigenvalue weighted by Gasteiger charge is -2.16. The summed E-state index contributed by atoms with van der Waals surface area (Å²) in [6.07, 6.45) is -8.86. The molecule has 10 nitrogen and oxygen atoms in total. The second-order valence-corrected chi connectivity index (χ2v) is 8.41. The molecule has 0 aliphatic heterocycles. The van der Waals surface area contributed by atoms with E-state index in [-0.39, 0.29) is 24.4 Å². The molecule has 17 heteroatoms. The van der Waals surface area contributed by atoms with Gasteiger partial charge in [-0.25, -0.2) is 13.1 Å². The average molecular weight is 545 g/mol.